The van der Waals surface area contributed by atoms with E-state index in [4.69, 9.17) is 30.6 Å². The second-order valence-corrected chi connectivity index (χ2v) is 13.2. The number of H-pyrrole nitrogens is 4. The van der Waals surface area contributed by atoms with Gasteiger partial charge in [-0.25, -0.2) is 0 Å². The Hall–Kier alpha value is -4.22. The van der Waals surface area contributed by atoms with Crippen molar-refractivity contribution in [2.24, 2.45) is 5.73 Å². The largest absolute Gasteiger partial charge is 0.481 e. The molecular weight excluding hydrogens is 607 g/mol. The molecule has 11 heteroatoms. The van der Waals surface area contributed by atoms with Gasteiger partial charge in [0.05, 0.1) is 16.7 Å². The second-order valence-electron chi connectivity index (χ2n) is 11.8. The molecule has 0 unspecified atom stereocenters. The minimum Gasteiger partial charge on any atom is -0.481 e. The molecular formula is C34H39N5O4S2. The minimum atomic E-state index is -0.909. The highest BCUT2D eigenvalue weighted by atomic mass is 32.1. The second kappa shape index (κ2) is 12.3. The summed E-state index contributed by atoms with van der Waals surface area (Å²) in [6.07, 6.45) is 6.51. The van der Waals surface area contributed by atoms with Gasteiger partial charge in [0.15, 0.2) is 0 Å². The van der Waals surface area contributed by atoms with Crippen LogP contribution in [0.1, 0.15) is 99.2 Å². The van der Waals surface area contributed by atoms with Crippen molar-refractivity contribution in [2.75, 3.05) is 0 Å². The molecule has 0 saturated carbocycles. The SMILES string of the molecule is CC(=S)c1c(C)c2[nH]c1=Cc1[nH]c(c(CCC(=O)O)c1C)C(N)=c1[nH]c(c(C)c1CCC(=O)O)=Cc1[nH]c(c([C@H](C)S)c1C)C=2. The van der Waals surface area contributed by atoms with Crippen molar-refractivity contribution in [1.82, 2.24) is 19.9 Å². The first-order valence-electron chi connectivity index (χ1n) is 14.9. The summed E-state index contributed by atoms with van der Waals surface area (Å²) >= 11 is 10.5. The monoisotopic (exact) mass is 645 g/mol. The van der Waals surface area contributed by atoms with Gasteiger partial charge in [0.1, 0.15) is 0 Å². The van der Waals surface area contributed by atoms with Crippen molar-refractivity contribution in [3.63, 3.8) is 0 Å². The van der Waals surface area contributed by atoms with Crippen LogP contribution in [-0.4, -0.2) is 47.0 Å². The van der Waals surface area contributed by atoms with Gasteiger partial charge in [-0.2, -0.15) is 12.6 Å². The van der Waals surface area contributed by atoms with E-state index in [-0.39, 0.29) is 30.9 Å². The highest BCUT2D eigenvalue weighted by Crippen LogP contribution is 2.30. The van der Waals surface area contributed by atoms with Crippen LogP contribution in [0.25, 0.3) is 23.9 Å². The van der Waals surface area contributed by atoms with Crippen molar-refractivity contribution in [2.45, 2.75) is 72.5 Å². The first kappa shape index (κ1) is 32.2. The number of hydrogen-bond acceptors (Lipinski definition) is 5. The quantitative estimate of drug-likeness (QED) is 0.0835. The maximum atomic E-state index is 11.6. The van der Waals surface area contributed by atoms with Crippen LogP contribution < -0.4 is 27.1 Å². The molecule has 1 atom stereocenters. The lowest BCUT2D eigenvalue weighted by Gasteiger charge is -2.06. The molecule has 8 N–H and O–H groups in total. The normalized spacial score (nSPS) is 13.2. The fourth-order valence-electron chi connectivity index (χ4n) is 6.50. The summed E-state index contributed by atoms with van der Waals surface area (Å²) in [4.78, 5) is 38.2. The summed E-state index contributed by atoms with van der Waals surface area (Å²) < 4.78 is 0. The zero-order chi connectivity index (χ0) is 32.9. The number of aromatic amines is 4. The number of fused-ring (bicyclic) bond motifs is 8. The average molecular weight is 646 g/mol. The summed E-state index contributed by atoms with van der Waals surface area (Å²) in [6.45, 7) is 12.0. The zero-order valence-electron chi connectivity index (χ0n) is 26.3. The van der Waals surface area contributed by atoms with Gasteiger partial charge < -0.3 is 35.9 Å². The lowest BCUT2D eigenvalue weighted by Crippen LogP contribution is -2.22. The van der Waals surface area contributed by atoms with Crippen molar-refractivity contribution < 1.29 is 19.8 Å². The molecule has 0 fully saturated rings. The Bertz CT molecular complexity index is 2140. The van der Waals surface area contributed by atoms with E-state index in [9.17, 15) is 19.8 Å². The number of aliphatic carboxylic acids is 2. The van der Waals surface area contributed by atoms with Gasteiger partial charge in [-0.05, 0) is 112 Å². The van der Waals surface area contributed by atoms with Crippen LogP contribution >= 0.6 is 24.8 Å². The molecule has 0 radical (unpaired) electrons. The molecule has 8 bridgehead atoms. The fourth-order valence-corrected chi connectivity index (χ4v) is 7.09. The number of carboxylic acid groups (broad SMARTS) is 2. The average Bonchev–Trinajstić information content (AvgIpc) is 3.63. The lowest BCUT2D eigenvalue weighted by molar-refractivity contribution is -0.138. The number of aromatic nitrogens is 4. The number of nitrogens with one attached hydrogen (secondary N) is 4. The van der Waals surface area contributed by atoms with Gasteiger partial charge in [0.25, 0.3) is 0 Å². The topological polar surface area (TPSA) is 164 Å². The molecule has 1 aliphatic rings. The summed E-state index contributed by atoms with van der Waals surface area (Å²) in [5, 5.41) is 22.2. The molecule has 4 aromatic rings. The van der Waals surface area contributed by atoms with E-state index >= 15 is 0 Å². The Morgan fingerprint density at radius 1 is 0.800 bits per heavy atom. The van der Waals surface area contributed by atoms with Gasteiger partial charge in [-0.1, -0.05) is 12.2 Å². The maximum Gasteiger partial charge on any atom is 0.303 e. The Morgan fingerprint density at radius 2 is 1.36 bits per heavy atom. The molecule has 4 aromatic heterocycles. The van der Waals surface area contributed by atoms with Gasteiger partial charge in [0, 0.05) is 61.6 Å². The number of thiol groups is 1. The van der Waals surface area contributed by atoms with Crippen LogP contribution in [0.4, 0.5) is 0 Å². The van der Waals surface area contributed by atoms with Crippen LogP contribution in [0.3, 0.4) is 0 Å². The van der Waals surface area contributed by atoms with E-state index in [2.05, 4.69) is 32.9 Å². The van der Waals surface area contributed by atoms with Crippen molar-refractivity contribution in [3.05, 3.63) is 88.7 Å². The Morgan fingerprint density at radius 3 is 1.96 bits per heavy atom. The number of carbonyl (C=O) groups is 2. The van der Waals surface area contributed by atoms with Crippen molar-refractivity contribution in [3.8, 4) is 0 Å². The maximum absolute atomic E-state index is 11.6. The van der Waals surface area contributed by atoms with E-state index < -0.39 is 11.9 Å². The van der Waals surface area contributed by atoms with E-state index in [1.807, 2.05) is 46.8 Å². The minimum absolute atomic E-state index is 0.0518. The van der Waals surface area contributed by atoms with E-state index in [0.29, 0.717) is 16.7 Å². The molecule has 1 aliphatic heterocycles. The molecule has 0 saturated heterocycles. The molecule has 9 nitrogen and oxygen atoms in total. The molecule has 5 rings (SSSR count). The van der Waals surface area contributed by atoms with Crippen molar-refractivity contribution in [1.29, 1.82) is 0 Å². The first-order valence-corrected chi connectivity index (χ1v) is 15.8. The van der Waals surface area contributed by atoms with Crippen molar-refractivity contribution >= 4 is 65.6 Å². The zero-order valence-corrected chi connectivity index (χ0v) is 28.0. The third-order valence-corrected chi connectivity index (χ3v) is 9.34. The van der Waals surface area contributed by atoms with Crippen LogP contribution in [0, 0.1) is 27.7 Å². The molecule has 5 heterocycles. The van der Waals surface area contributed by atoms with Gasteiger partial charge >= 0.3 is 11.9 Å². The third kappa shape index (κ3) is 5.94. The Labute approximate surface area is 271 Å². The molecule has 0 spiro atoms. The van der Waals surface area contributed by atoms with Crippen LogP contribution in [0.2, 0.25) is 0 Å². The molecule has 45 heavy (non-hydrogen) atoms. The molecule has 0 aromatic carbocycles. The Balaban J connectivity index is 1.98. The number of hydrogen-bond donors (Lipinski definition) is 8. The van der Waals surface area contributed by atoms with E-state index in [1.165, 1.54) is 0 Å². The van der Waals surface area contributed by atoms with Gasteiger partial charge in [0.2, 0.25) is 0 Å². The highest BCUT2D eigenvalue weighted by molar-refractivity contribution is 7.80. The summed E-state index contributed by atoms with van der Waals surface area (Å²) in [5.41, 5.74) is 18.0. The predicted molar refractivity (Wildman–Crippen MR) is 185 cm³/mol. The van der Waals surface area contributed by atoms with Crippen LogP contribution in [0.15, 0.2) is 0 Å². The summed E-state index contributed by atoms with van der Waals surface area (Å²) in [5.74, 6) is -1.82. The summed E-state index contributed by atoms with van der Waals surface area (Å²) in [6, 6.07) is 0. The lowest BCUT2D eigenvalue weighted by atomic mass is 10.0. The van der Waals surface area contributed by atoms with E-state index in [1.54, 1.807) is 0 Å². The number of nitrogens with two attached hydrogens (primary N) is 1. The van der Waals surface area contributed by atoms with E-state index in [0.717, 1.165) is 82.5 Å². The summed E-state index contributed by atoms with van der Waals surface area (Å²) in [7, 11) is 0. The fraction of sp³-hybridized carbons (Fsp3) is 0.324. The molecule has 0 aliphatic carbocycles. The molecule has 236 valence electrons. The first-order chi connectivity index (χ1) is 21.2. The highest BCUT2D eigenvalue weighted by Gasteiger charge is 2.21. The van der Waals surface area contributed by atoms with Crippen LogP contribution in [0.5, 0.6) is 0 Å². The Kier molecular flexibility index (Phi) is 8.79. The van der Waals surface area contributed by atoms with Gasteiger partial charge in [-0.15, -0.1) is 0 Å². The molecule has 0 amide bonds. The van der Waals surface area contributed by atoms with Crippen LogP contribution in [-0.2, 0) is 22.4 Å². The number of rotatable bonds is 8. The predicted octanol–water partition coefficient (Wildman–Crippen LogP) is 2.91. The standard InChI is InChI=1S/C34H39N5O4S2/c1-14-20(7-9-28(40)41)33-32(35)34-21(8-10-29(42)43)15(2)23(39-34)12-26-31(19(6)45)17(4)25(37-26)13-27-30(18(5)44)16(3)24(36-27)11-22(14)38-33/h11-13,18,36-39,44H,7-10,35H2,1-6H3,(H,40,41)(H,42,43)/t18-/m0/s1. The van der Waals surface area contributed by atoms with Gasteiger partial charge in [-0.3, -0.25) is 9.59 Å². The smallest absolute Gasteiger partial charge is 0.303 e. The third-order valence-electron chi connectivity index (χ3n) is 8.87. The number of carboxylic acids is 2. The number of thiocarbonyl (C=S) groups is 1.